The van der Waals surface area contributed by atoms with Gasteiger partial charge in [0.05, 0.1) is 12.6 Å². The number of halogens is 2. The standard InChI is InChI=1S/C7H13F2NO.C2H6/c8-7(9)5-10-3-1-6(11)2-4-10;1-2/h6-7,11H,1-5H2;1-2H3. The van der Waals surface area contributed by atoms with Gasteiger partial charge in [-0.15, -0.1) is 0 Å². The van der Waals surface area contributed by atoms with Crippen LogP contribution in [0, 0.1) is 0 Å². The van der Waals surface area contributed by atoms with Crippen LogP contribution in [0.5, 0.6) is 0 Å². The van der Waals surface area contributed by atoms with E-state index < -0.39 is 6.43 Å². The van der Waals surface area contributed by atoms with E-state index in [4.69, 9.17) is 5.11 Å². The highest BCUT2D eigenvalue weighted by atomic mass is 19.3. The van der Waals surface area contributed by atoms with Gasteiger partial charge in [-0.25, -0.2) is 8.78 Å². The molecule has 1 heterocycles. The van der Waals surface area contributed by atoms with E-state index in [1.165, 1.54) is 0 Å². The Morgan fingerprint density at radius 3 is 2.15 bits per heavy atom. The molecular formula is C9H19F2NO. The molecule has 0 bridgehead atoms. The molecule has 1 fully saturated rings. The van der Waals surface area contributed by atoms with Gasteiger partial charge in [0.1, 0.15) is 0 Å². The van der Waals surface area contributed by atoms with Crippen molar-refractivity contribution in [3.63, 3.8) is 0 Å². The van der Waals surface area contributed by atoms with Crippen LogP contribution in [0.1, 0.15) is 26.7 Å². The average Bonchev–Trinajstić information content (AvgIpc) is 2.12. The van der Waals surface area contributed by atoms with Gasteiger partial charge in [-0.3, -0.25) is 4.90 Å². The molecule has 1 saturated heterocycles. The number of hydrogen-bond acceptors (Lipinski definition) is 2. The van der Waals surface area contributed by atoms with Gasteiger partial charge in [0, 0.05) is 13.1 Å². The Labute approximate surface area is 78.5 Å². The number of piperidine rings is 1. The summed E-state index contributed by atoms with van der Waals surface area (Å²) in [7, 11) is 0. The van der Waals surface area contributed by atoms with Crippen molar-refractivity contribution in [2.24, 2.45) is 0 Å². The monoisotopic (exact) mass is 195 g/mol. The Balaban J connectivity index is 0.000000671. The van der Waals surface area contributed by atoms with Crippen molar-refractivity contribution in [1.29, 1.82) is 0 Å². The van der Waals surface area contributed by atoms with Crippen LogP contribution in [0.3, 0.4) is 0 Å². The van der Waals surface area contributed by atoms with Crippen LogP contribution in [0.2, 0.25) is 0 Å². The van der Waals surface area contributed by atoms with Crippen molar-refractivity contribution in [3.8, 4) is 0 Å². The number of hydrogen-bond donors (Lipinski definition) is 1. The van der Waals surface area contributed by atoms with E-state index in [-0.39, 0.29) is 12.6 Å². The molecule has 0 radical (unpaired) electrons. The van der Waals surface area contributed by atoms with E-state index in [0.29, 0.717) is 25.9 Å². The highest BCUT2D eigenvalue weighted by Crippen LogP contribution is 2.10. The summed E-state index contributed by atoms with van der Waals surface area (Å²) in [6.45, 7) is 5.06. The third kappa shape index (κ3) is 5.93. The third-order valence-electron chi connectivity index (χ3n) is 1.95. The summed E-state index contributed by atoms with van der Waals surface area (Å²) in [5, 5.41) is 9.05. The van der Waals surface area contributed by atoms with Crippen LogP contribution >= 0.6 is 0 Å². The lowest BCUT2D eigenvalue weighted by Crippen LogP contribution is -2.38. The summed E-state index contributed by atoms with van der Waals surface area (Å²) in [6.07, 6.45) is -1.26. The smallest absolute Gasteiger partial charge is 0.251 e. The molecule has 4 heteroatoms. The SMILES string of the molecule is CC.OC1CCN(CC(F)F)CC1. The minimum absolute atomic E-state index is 0.146. The molecule has 0 aromatic heterocycles. The summed E-state index contributed by atoms with van der Waals surface area (Å²) < 4.78 is 23.6. The summed E-state index contributed by atoms with van der Waals surface area (Å²) in [4.78, 5) is 1.69. The molecule has 0 aromatic rings. The van der Waals surface area contributed by atoms with Crippen molar-refractivity contribution in [2.45, 2.75) is 39.2 Å². The molecule has 2 nitrogen and oxygen atoms in total. The van der Waals surface area contributed by atoms with Gasteiger partial charge in [-0.05, 0) is 12.8 Å². The average molecular weight is 195 g/mol. The Kier molecular flexibility index (Phi) is 7.09. The zero-order valence-corrected chi connectivity index (χ0v) is 8.34. The molecule has 0 atom stereocenters. The van der Waals surface area contributed by atoms with Gasteiger partial charge >= 0.3 is 0 Å². The maximum atomic E-state index is 11.8. The lowest BCUT2D eigenvalue weighted by Gasteiger charge is -2.28. The van der Waals surface area contributed by atoms with Gasteiger partial charge in [0.2, 0.25) is 0 Å². The Hall–Kier alpha value is -0.220. The zero-order valence-electron chi connectivity index (χ0n) is 8.34. The van der Waals surface area contributed by atoms with Gasteiger partial charge in [-0.2, -0.15) is 0 Å². The normalized spacial score (nSPS) is 19.8. The summed E-state index contributed by atoms with van der Waals surface area (Å²) in [5.74, 6) is 0. The second-order valence-electron chi connectivity index (χ2n) is 2.92. The maximum Gasteiger partial charge on any atom is 0.251 e. The lowest BCUT2D eigenvalue weighted by molar-refractivity contribution is 0.0396. The maximum absolute atomic E-state index is 11.8. The number of alkyl halides is 2. The quantitative estimate of drug-likeness (QED) is 0.725. The van der Waals surface area contributed by atoms with Crippen LogP contribution in [0.4, 0.5) is 8.78 Å². The molecule has 0 aromatic carbocycles. The Morgan fingerprint density at radius 1 is 1.31 bits per heavy atom. The fraction of sp³-hybridized carbons (Fsp3) is 1.00. The first-order valence-corrected chi connectivity index (χ1v) is 4.87. The predicted molar refractivity (Wildman–Crippen MR) is 49.0 cm³/mol. The van der Waals surface area contributed by atoms with Crippen LogP contribution in [-0.2, 0) is 0 Å². The van der Waals surface area contributed by atoms with Gasteiger partial charge < -0.3 is 5.11 Å². The van der Waals surface area contributed by atoms with E-state index in [0.717, 1.165) is 0 Å². The van der Waals surface area contributed by atoms with Crippen LogP contribution in [-0.4, -0.2) is 42.2 Å². The first-order chi connectivity index (χ1) is 6.18. The minimum Gasteiger partial charge on any atom is -0.393 e. The largest absolute Gasteiger partial charge is 0.393 e. The molecule has 1 rings (SSSR count). The van der Waals surface area contributed by atoms with Crippen molar-refractivity contribution in [1.82, 2.24) is 4.90 Å². The number of aliphatic hydroxyl groups excluding tert-OH is 1. The van der Waals surface area contributed by atoms with Crippen molar-refractivity contribution in [3.05, 3.63) is 0 Å². The molecule has 80 valence electrons. The minimum atomic E-state index is -2.25. The number of likely N-dealkylation sites (tertiary alicyclic amines) is 1. The van der Waals surface area contributed by atoms with E-state index >= 15 is 0 Å². The van der Waals surface area contributed by atoms with Crippen LogP contribution in [0.25, 0.3) is 0 Å². The van der Waals surface area contributed by atoms with Crippen molar-refractivity contribution >= 4 is 0 Å². The van der Waals surface area contributed by atoms with E-state index in [1.54, 1.807) is 4.90 Å². The number of aliphatic hydroxyl groups is 1. The van der Waals surface area contributed by atoms with Crippen molar-refractivity contribution < 1.29 is 13.9 Å². The van der Waals surface area contributed by atoms with Gasteiger partial charge in [0.25, 0.3) is 6.43 Å². The summed E-state index contributed by atoms with van der Waals surface area (Å²) in [6, 6.07) is 0. The van der Waals surface area contributed by atoms with Crippen molar-refractivity contribution in [2.75, 3.05) is 19.6 Å². The number of nitrogens with zero attached hydrogens (tertiary/aromatic N) is 1. The second-order valence-corrected chi connectivity index (χ2v) is 2.92. The van der Waals surface area contributed by atoms with E-state index in [9.17, 15) is 8.78 Å². The topological polar surface area (TPSA) is 23.5 Å². The van der Waals surface area contributed by atoms with E-state index in [1.807, 2.05) is 13.8 Å². The third-order valence-corrected chi connectivity index (χ3v) is 1.95. The molecule has 0 unspecified atom stereocenters. The molecule has 1 aliphatic rings. The fourth-order valence-corrected chi connectivity index (χ4v) is 1.30. The molecule has 0 spiro atoms. The molecule has 1 N–H and O–H groups in total. The predicted octanol–water partition coefficient (Wildman–Crippen LogP) is 1.73. The van der Waals surface area contributed by atoms with Gasteiger partial charge in [-0.1, -0.05) is 13.8 Å². The molecule has 13 heavy (non-hydrogen) atoms. The highest BCUT2D eigenvalue weighted by Gasteiger charge is 2.19. The zero-order chi connectivity index (χ0) is 10.3. The Morgan fingerprint density at radius 2 is 1.77 bits per heavy atom. The number of rotatable bonds is 2. The second kappa shape index (κ2) is 7.21. The first kappa shape index (κ1) is 12.8. The van der Waals surface area contributed by atoms with Crippen LogP contribution in [0.15, 0.2) is 0 Å². The summed E-state index contributed by atoms with van der Waals surface area (Å²) >= 11 is 0. The first-order valence-electron chi connectivity index (χ1n) is 4.87. The molecule has 0 amide bonds. The van der Waals surface area contributed by atoms with Gasteiger partial charge in [0.15, 0.2) is 0 Å². The van der Waals surface area contributed by atoms with Crippen LogP contribution < -0.4 is 0 Å². The lowest BCUT2D eigenvalue weighted by atomic mass is 10.1. The molecule has 0 saturated carbocycles. The molecule has 1 aliphatic heterocycles. The van der Waals surface area contributed by atoms with E-state index in [2.05, 4.69) is 0 Å². The highest BCUT2D eigenvalue weighted by molar-refractivity contribution is 4.71. The molecule has 0 aliphatic carbocycles. The Bertz CT molecular complexity index is 114. The molecular weight excluding hydrogens is 176 g/mol. The fourth-order valence-electron chi connectivity index (χ4n) is 1.30. The summed E-state index contributed by atoms with van der Waals surface area (Å²) in [5.41, 5.74) is 0.